The summed E-state index contributed by atoms with van der Waals surface area (Å²) >= 11 is 1.74. The van der Waals surface area contributed by atoms with E-state index in [0.29, 0.717) is 0 Å². The van der Waals surface area contributed by atoms with Gasteiger partial charge in [0.2, 0.25) is 0 Å². The summed E-state index contributed by atoms with van der Waals surface area (Å²) in [6.45, 7) is 1.97. The van der Waals surface area contributed by atoms with Gasteiger partial charge in [-0.1, -0.05) is 24.3 Å². The molecular weight excluding hydrogens is 222 g/mol. The Morgan fingerprint density at radius 2 is 2.06 bits per heavy atom. The zero-order valence-electron chi connectivity index (χ0n) is 9.35. The Morgan fingerprint density at radius 3 is 2.62 bits per heavy atom. The normalized spacial score (nSPS) is 12.4. The molecule has 0 saturated heterocycles. The van der Waals surface area contributed by atoms with E-state index in [1.165, 1.54) is 0 Å². The fourth-order valence-electron chi connectivity index (χ4n) is 1.39. The van der Waals surface area contributed by atoms with E-state index in [4.69, 9.17) is 10.8 Å². The van der Waals surface area contributed by atoms with Gasteiger partial charge in [-0.15, -0.1) is 0 Å². The molecule has 16 heavy (non-hydrogen) atoms. The third-order valence-electron chi connectivity index (χ3n) is 2.10. The van der Waals surface area contributed by atoms with Crippen molar-refractivity contribution in [2.75, 3.05) is 5.75 Å². The van der Waals surface area contributed by atoms with E-state index < -0.39 is 5.97 Å². The van der Waals surface area contributed by atoms with E-state index >= 15 is 0 Å². The minimum atomic E-state index is -0.787. The number of hydrogen-bond acceptors (Lipinski definition) is 3. The van der Waals surface area contributed by atoms with Gasteiger partial charge < -0.3 is 10.8 Å². The molecule has 3 N–H and O–H groups in total. The van der Waals surface area contributed by atoms with Crippen LogP contribution in [0.3, 0.4) is 0 Å². The van der Waals surface area contributed by atoms with Crippen LogP contribution in [0.2, 0.25) is 0 Å². The van der Waals surface area contributed by atoms with Gasteiger partial charge in [-0.3, -0.25) is 4.79 Å². The summed E-state index contributed by atoms with van der Waals surface area (Å²) in [7, 11) is 0. The molecule has 1 rings (SSSR count). The Labute approximate surface area is 100 Å². The molecule has 4 heteroatoms. The second-order valence-electron chi connectivity index (χ2n) is 3.83. The first-order valence-electron chi connectivity index (χ1n) is 5.21. The van der Waals surface area contributed by atoms with Gasteiger partial charge >= 0.3 is 5.97 Å². The molecule has 0 aliphatic rings. The van der Waals surface area contributed by atoms with Gasteiger partial charge in [0.05, 0.1) is 6.42 Å². The summed E-state index contributed by atoms with van der Waals surface area (Å²) in [5.41, 5.74) is 7.65. The minimum Gasteiger partial charge on any atom is -0.481 e. The van der Waals surface area contributed by atoms with Crippen molar-refractivity contribution in [3.63, 3.8) is 0 Å². The monoisotopic (exact) mass is 239 g/mol. The second kappa shape index (κ2) is 6.55. The lowest BCUT2D eigenvalue weighted by Crippen LogP contribution is -2.17. The number of rotatable bonds is 6. The van der Waals surface area contributed by atoms with Gasteiger partial charge in [-0.2, -0.15) is 11.8 Å². The van der Waals surface area contributed by atoms with Crippen molar-refractivity contribution < 1.29 is 9.90 Å². The third-order valence-corrected chi connectivity index (χ3v) is 3.37. The number of carboxylic acid groups (broad SMARTS) is 1. The lowest BCUT2D eigenvalue weighted by molar-refractivity contribution is -0.136. The first kappa shape index (κ1) is 13.1. The van der Waals surface area contributed by atoms with E-state index in [-0.39, 0.29) is 12.5 Å². The molecule has 3 nitrogen and oxygen atoms in total. The van der Waals surface area contributed by atoms with Crippen molar-refractivity contribution >= 4 is 17.7 Å². The van der Waals surface area contributed by atoms with Crippen LogP contribution in [-0.2, 0) is 17.0 Å². The quantitative estimate of drug-likeness (QED) is 0.795. The smallest absolute Gasteiger partial charge is 0.307 e. The Morgan fingerprint density at radius 1 is 1.44 bits per heavy atom. The van der Waals surface area contributed by atoms with Crippen LogP contribution in [-0.4, -0.2) is 22.9 Å². The van der Waals surface area contributed by atoms with Crippen LogP contribution in [0.1, 0.15) is 18.1 Å². The van der Waals surface area contributed by atoms with Crippen molar-refractivity contribution in [1.29, 1.82) is 0 Å². The largest absolute Gasteiger partial charge is 0.481 e. The maximum atomic E-state index is 10.7. The van der Waals surface area contributed by atoms with Gasteiger partial charge in [-0.25, -0.2) is 0 Å². The van der Waals surface area contributed by atoms with E-state index in [0.717, 1.165) is 22.6 Å². The molecule has 1 aromatic carbocycles. The van der Waals surface area contributed by atoms with Crippen LogP contribution >= 0.6 is 11.8 Å². The number of carbonyl (C=O) groups is 1. The van der Waals surface area contributed by atoms with Crippen LogP contribution < -0.4 is 5.73 Å². The standard InChI is InChI=1S/C12H17NO2S/c1-9(13)7-16-8-11-5-3-2-4-10(11)6-12(14)15/h2-5,9H,6-8,13H2,1H3,(H,14,15). The minimum absolute atomic E-state index is 0.0922. The molecule has 0 spiro atoms. The van der Waals surface area contributed by atoms with Gasteiger partial charge in [-0.05, 0) is 18.1 Å². The SMILES string of the molecule is CC(N)CSCc1ccccc1CC(=O)O. The molecule has 0 aromatic heterocycles. The number of benzene rings is 1. The molecule has 0 amide bonds. The summed E-state index contributed by atoms with van der Waals surface area (Å²) in [5, 5.41) is 8.78. The van der Waals surface area contributed by atoms with Gasteiger partial charge in [0.25, 0.3) is 0 Å². The van der Waals surface area contributed by atoms with E-state index in [2.05, 4.69) is 0 Å². The van der Waals surface area contributed by atoms with Crippen molar-refractivity contribution in [2.24, 2.45) is 5.73 Å². The molecule has 1 unspecified atom stereocenters. The predicted octanol–water partition coefficient (Wildman–Crippen LogP) is 1.89. The molecule has 0 heterocycles. The maximum absolute atomic E-state index is 10.7. The van der Waals surface area contributed by atoms with Gasteiger partial charge in [0.1, 0.15) is 0 Å². The maximum Gasteiger partial charge on any atom is 0.307 e. The predicted molar refractivity (Wildman–Crippen MR) is 67.6 cm³/mol. The topological polar surface area (TPSA) is 63.3 Å². The number of aliphatic carboxylic acids is 1. The Kier molecular flexibility index (Phi) is 5.35. The third kappa shape index (κ3) is 4.68. The van der Waals surface area contributed by atoms with Crippen LogP contribution in [0, 0.1) is 0 Å². The molecule has 0 radical (unpaired) electrons. The molecule has 1 atom stereocenters. The fraction of sp³-hybridized carbons (Fsp3) is 0.417. The molecule has 0 saturated carbocycles. The second-order valence-corrected chi connectivity index (χ2v) is 4.86. The van der Waals surface area contributed by atoms with Crippen molar-refractivity contribution in [3.8, 4) is 0 Å². The summed E-state index contributed by atoms with van der Waals surface area (Å²) in [6, 6.07) is 7.84. The summed E-state index contributed by atoms with van der Waals surface area (Å²) in [4.78, 5) is 10.7. The highest BCUT2D eigenvalue weighted by molar-refractivity contribution is 7.98. The van der Waals surface area contributed by atoms with Crippen LogP contribution in [0.4, 0.5) is 0 Å². The lowest BCUT2D eigenvalue weighted by atomic mass is 10.1. The number of hydrogen-bond donors (Lipinski definition) is 2. The Hall–Kier alpha value is -1.00. The first-order chi connectivity index (χ1) is 7.59. The van der Waals surface area contributed by atoms with E-state index in [9.17, 15) is 4.79 Å². The van der Waals surface area contributed by atoms with Crippen molar-refractivity contribution in [2.45, 2.75) is 25.1 Å². The zero-order valence-corrected chi connectivity index (χ0v) is 10.2. The average molecular weight is 239 g/mol. The van der Waals surface area contributed by atoms with Crippen LogP contribution in [0.15, 0.2) is 24.3 Å². The molecule has 88 valence electrons. The molecule has 0 fully saturated rings. The summed E-state index contributed by atoms with van der Waals surface area (Å²) < 4.78 is 0. The number of thioether (sulfide) groups is 1. The molecule has 0 aliphatic heterocycles. The zero-order chi connectivity index (χ0) is 12.0. The summed E-state index contributed by atoms with van der Waals surface area (Å²) in [5.74, 6) is 0.927. The average Bonchev–Trinajstić information content (AvgIpc) is 2.19. The number of nitrogens with two attached hydrogens (primary N) is 1. The first-order valence-corrected chi connectivity index (χ1v) is 6.37. The molecule has 0 bridgehead atoms. The van der Waals surface area contributed by atoms with Gasteiger partial charge in [0.15, 0.2) is 0 Å². The van der Waals surface area contributed by atoms with Gasteiger partial charge in [0, 0.05) is 17.5 Å². The Bertz CT molecular complexity index is 353. The van der Waals surface area contributed by atoms with E-state index in [1.807, 2.05) is 31.2 Å². The van der Waals surface area contributed by atoms with E-state index in [1.54, 1.807) is 11.8 Å². The van der Waals surface area contributed by atoms with Crippen molar-refractivity contribution in [3.05, 3.63) is 35.4 Å². The summed E-state index contributed by atoms with van der Waals surface area (Å²) in [6.07, 6.45) is 0.0922. The van der Waals surface area contributed by atoms with Crippen LogP contribution in [0.25, 0.3) is 0 Å². The number of carboxylic acids is 1. The highest BCUT2D eigenvalue weighted by Gasteiger charge is 2.06. The molecule has 1 aromatic rings. The highest BCUT2D eigenvalue weighted by Crippen LogP contribution is 2.17. The van der Waals surface area contributed by atoms with Crippen LogP contribution in [0.5, 0.6) is 0 Å². The fourth-order valence-corrected chi connectivity index (χ4v) is 2.38. The Balaban J connectivity index is 2.60. The van der Waals surface area contributed by atoms with Crippen molar-refractivity contribution in [1.82, 2.24) is 0 Å². The highest BCUT2D eigenvalue weighted by atomic mass is 32.2. The molecular formula is C12H17NO2S. The molecule has 0 aliphatic carbocycles. The lowest BCUT2D eigenvalue weighted by Gasteiger charge is -2.08.